The second kappa shape index (κ2) is 12.4. The van der Waals surface area contributed by atoms with Gasteiger partial charge >= 0.3 is 7.95 Å². The van der Waals surface area contributed by atoms with Gasteiger partial charge in [0.05, 0.1) is 24.4 Å². The summed E-state index contributed by atoms with van der Waals surface area (Å²) in [5.74, 6) is 1.69. The topological polar surface area (TPSA) is 111 Å². The summed E-state index contributed by atoms with van der Waals surface area (Å²) in [4.78, 5) is 23.1. The van der Waals surface area contributed by atoms with Crippen LogP contribution in [0.3, 0.4) is 0 Å². The minimum Gasteiger partial charge on any atom is -0.495 e. The van der Waals surface area contributed by atoms with E-state index in [1.165, 1.54) is 6.08 Å². The van der Waals surface area contributed by atoms with Crippen LogP contribution in [0.15, 0.2) is 67.4 Å². The van der Waals surface area contributed by atoms with Crippen molar-refractivity contribution in [3.8, 4) is 17.4 Å². The fraction of sp³-hybridized carbons (Fsp3) is 0.276. The number of benzene rings is 2. The Morgan fingerprint density at radius 2 is 2.05 bits per heavy atom. The van der Waals surface area contributed by atoms with E-state index < -0.39 is 7.95 Å². The lowest BCUT2D eigenvalue weighted by Gasteiger charge is -2.38. The molecule has 10 nitrogen and oxygen atoms in total. The number of aromatic nitrogens is 3. The number of hydrogen-bond acceptors (Lipinski definition) is 8. The van der Waals surface area contributed by atoms with Crippen LogP contribution in [0.25, 0.3) is 11.0 Å². The van der Waals surface area contributed by atoms with Crippen molar-refractivity contribution in [2.24, 2.45) is 5.92 Å². The lowest BCUT2D eigenvalue weighted by atomic mass is 9.92. The molecular formula is C29H31FN6O4P+. The van der Waals surface area contributed by atoms with E-state index in [2.05, 4.69) is 32.1 Å². The van der Waals surface area contributed by atoms with Crippen LogP contribution in [0, 0.1) is 5.92 Å². The maximum atomic E-state index is 12.6. The molecule has 3 heterocycles. The average molecular weight is 578 g/mol. The van der Waals surface area contributed by atoms with E-state index in [1.54, 1.807) is 54.6 Å². The molecule has 0 spiro atoms. The molecule has 1 saturated heterocycles. The number of carbonyl (C=O) groups excluding carboxylic acids is 1. The number of nitrogens with zero attached hydrogens (tertiary/aromatic N) is 4. The Kier molecular flexibility index (Phi) is 8.56. The molecule has 1 aliphatic rings. The zero-order valence-corrected chi connectivity index (χ0v) is 23.7. The molecule has 1 amide bonds. The molecule has 5 rings (SSSR count). The van der Waals surface area contributed by atoms with Crippen LogP contribution in [0.2, 0.25) is 0 Å². The van der Waals surface area contributed by atoms with Gasteiger partial charge in [-0.15, -0.1) is 4.34 Å². The number of rotatable bonds is 12. The smallest absolute Gasteiger partial charge is 0.464 e. The standard InChI is InChI=1S/C29H30FN6O4P/c1-4-26(37)31-21-6-5-7-22(16-21)40-28-23-10-12-36(41(3)38)27(23)33-29(34-28)32-24-9-8-19(15-25(24)39-2)14-20-17-35(18-20)13-11-30/h4-10,12,15-16,20H,1,11,13-14,17-18H2,2-3H3,(H-,31,32,33,34,37)/p+1. The normalized spacial score (nSPS) is 13.9. The highest BCUT2D eigenvalue weighted by molar-refractivity contribution is 7.42. The second-order valence-electron chi connectivity index (χ2n) is 9.72. The molecular weight excluding hydrogens is 546 g/mol. The Balaban J connectivity index is 1.42. The number of carbonyl (C=O) groups is 1. The zero-order chi connectivity index (χ0) is 28.9. The van der Waals surface area contributed by atoms with Gasteiger partial charge in [-0.25, -0.2) is 4.39 Å². The lowest BCUT2D eigenvalue weighted by molar-refractivity contribution is -0.111. The van der Waals surface area contributed by atoms with Crippen LogP contribution >= 0.6 is 7.95 Å². The number of hydrogen-bond donors (Lipinski definition) is 2. The lowest BCUT2D eigenvalue weighted by Crippen LogP contribution is -2.48. The number of anilines is 3. The van der Waals surface area contributed by atoms with Crippen molar-refractivity contribution < 1.29 is 23.2 Å². The molecule has 2 aromatic carbocycles. The number of amides is 1. The fourth-order valence-corrected chi connectivity index (χ4v) is 5.48. The van der Waals surface area contributed by atoms with Crippen LogP contribution < -0.4 is 20.1 Å². The fourth-order valence-electron chi connectivity index (χ4n) is 4.80. The first-order chi connectivity index (χ1) is 19.9. The van der Waals surface area contributed by atoms with Crippen molar-refractivity contribution >= 4 is 42.2 Å². The summed E-state index contributed by atoms with van der Waals surface area (Å²) < 4.78 is 38.4. The summed E-state index contributed by atoms with van der Waals surface area (Å²) in [6.45, 7) is 7.03. The van der Waals surface area contributed by atoms with Crippen LogP contribution in [-0.2, 0) is 15.8 Å². The summed E-state index contributed by atoms with van der Waals surface area (Å²) in [5.41, 5.74) is 2.75. The van der Waals surface area contributed by atoms with E-state index in [0.717, 1.165) is 25.1 Å². The van der Waals surface area contributed by atoms with E-state index in [1.807, 2.05) is 18.2 Å². The Bertz CT molecular complexity index is 1600. The molecule has 0 bridgehead atoms. The highest BCUT2D eigenvalue weighted by Gasteiger charge is 2.26. The molecule has 1 unspecified atom stereocenters. The van der Waals surface area contributed by atoms with Gasteiger partial charge in [-0.05, 0) is 58.9 Å². The molecule has 2 N–H and O–H groups in total. The van der Waals surface area contributed by atoms with E-state index in [4.69, 9.17) is 9.47 Å². The first kappa shape index (κ1) is 28.2. The number of likely N-dealkylation sites (tertiary alicyclic amines) is 1. The maximum absolute atomic E-state index is 12.6. The molecule has 1 aliphatic heterocycles. The summed E-state index contributed by atoms with van der Waals surface area (Å²) >= 11 is 0. The van der Waals surface area contributed by atoms with Crippen LogP contribution in [0.4, 0.5) is 21.7 Å². The Labute approximate surface area is 238 Å². The van der Waals surface area contributed by atoms with E-state index in [9.17, 15) is 13.8 Å². The highest BCUT2D eigenvalue weighted by atomic mass is 31.1. The Morgan fingerprint density at radius 3 is 2.78 bits per heavy atom. The molecule has 1 fully saturated rings. The molecule has 12 heteroatoms. The Hall–Kier alpha value is -4.34. The first-order valence-corrected chi connectivity index (χ1v) is 14.8. The van der Waals surface area contributed by atoms with Gasteiger partial charge in [-0.1, -0.05) is 18.7 Å². The molecule has 41 heavy (non-hydrogen) atoms. The number of methoxy groups -OCH3 is 1. The molecule has 0 radical (unpaired) electrons. The highest BCUT2D eigenvalue weighted by Crippen LogP contribution is 2.36. The third-order valence-electron chi connectivity index (χ3n) is 6.77. The van der Waals surface area contributed by atoms with Crippen LogP contribution in [0.1, 0.15) is 5.56 Å². The van der Waals surface area contributed by atoms with Gasteiger partial charge in [-0.2, -0.15) is 9.97 Å². The van der Waals surface area contributed by atoms with Gasteiger partial charge in [0.15, 0.2) is 12.3 Å². The minimum atomic E-state index is -1.76. The van der Waals surface area contributed by atoms with Crippen LogP contribution in [0.5, 0.6) is 17.4 Å². The van der Waals surface area contributed by atoms with Crippen molar-refractivity contribution in [1.82, 2.24) is 19.2 Å². The van der Waals surface area contributed by atoms with Crippen molar-refractivity contribution in [3.63, 3.8) is 0 Å². The molecule has 0 saturated carbocycles. The molecule has 212 valence electrons. The van der Waals surface area contributed by atoms with E-state index in [0.29, 0.717) is 46.4 Å². The Morgan fingerprint density at radius 1 is 1.22 bits per heavy atom. The van der Waals surface area contributed by atoms with Gasteiger partial charge < -0.3 is 25.0 Å². The van der Waals surface area contributed by atoms with E-state index >= 15 is 0 Å². The van der Waals surface area contributed by atoms with Gasteiger partial charge in [0.1, 0.15) is 18.2 Å². The third-order valence-corrected chi connectivity index (χ3v) is 7.69. The van der Waals surface area contributed by atoms with Gasteiger partial charge in [-0.3, -0.25) is 4.79 Å². The van der Waals surface area contributed by atoms with Crippen molar-refractivity contribution in [1.29, 1.82) is 0 Å². The SMILES string of the molecule is C=CC(=O)Nc1cccc(Oc2nc(Nc3ccc(CC4CN(CCF)C4)cc3OC)nc3c2ccn3[P+](C)=O)c1. The van der Waals surface area contributed by atoms with Gasteiger partial charge in [0.2, 0.25) is 17.7 Å². The number of alkyl halides is 1. The molecule has 0 aliphatic carbocycles. The van der Waals surface area contributed by atoms with E-state index in [-0.39, 0.29) is 24.4 Å². The number of nitrogens with one attached hydrogen (secondary N) is 2. The van der Waals surface area contributed by atoms with Gasteiger partial charge in [0, 0.05) is 31.4 Å². The third kappa shape index (κ3) is 6.53. The minimum absolute atomic E-state index is 0.229. The summed E-state index contributed by atoms with van der Waals surface area (Å²) in [6, 6.07) is 14.5. The number of halogens is 1. The predicted molar refractivity (Wildman–Crippen MR) is 158 cm³/mol. The summed E-state index contributed by atoms with van der Waals surface area (Å²) in [6.07, 6.45) is 3.74. The van der Waals surface area contributed by atoms with Crippen molar-refractivity contribution in [2.75, 3.05) is 50.7 Å². The summed E-state index contributed by atoms with van der Waals surface area (Å²) in [7, 11) is -0.158. The van der Waals surface area contributed by atoms with Crippen molar-refractivity contribution in [2.45, 2.75) is 6.42 Å². The average Bonchev–Trinajstić information content (AvgIpc) is 3.37. The summed E-state index contributed by atoms with van der Waals surface area (Å²) in [5, 5.41) is 6.50. The number of ether oxygens (including phenoxy) is 2. The van der Waals surface area contributed by atoms with Gasteiger partial charge in [0.25, 0.3) is 0 Å². The monoisotopic (exact) mass is 577 g/mol. The van der Waals surface area contributed by atoms with Crippen molar-refractivity contribution in [3.05, 3.63) is 72.9 Å². The zero-order valence-electron chi connectivity index (χ0n) is 22.8. The maximum Gasteiger partial charge on any atom is 0.464 e. The predicted octanol–water partition coefficient (Wildman–Crippen LogP) is 5.76. The largest absolute Gasteiger partial charge is 0.495 e. The molecule has 4 aromatic rings. The number of fused-ring (bicyclic) bond motifs is 1. The van der Waals surface area contributed by atoms with Crippen LogP contribution in [-0.4, -0.2) is 65.2 Å². The molecule has 1 atom stereocenters. The quantitative estimate of drug-likeness (QED) is 0.161. The molecule has 2 aromatic heterocycles. The first-order valence-electron chi connectivity index (χ1n) is 13.1. The second-order valence-corrected chi connectivity index (χ2v) is 11.1.